The van der Waals surface area contributed by atoms with E-state index in [1.165, 1.54) is 0 Å². The van der Waals surface area contributed by atoms with Gasteiger partial charge in [-0.3, -0.25) is 0 Å². The van der Waals surface area contributed by atoms with E-state index in [2.05, 4.69) is 15.9 Å². The van der Waals surface area contributed by atoms with Crippen LogP contribution in [0.3, 0.4) is 0 Å². The van der Waals surface area contributed by atoms with Gasteiger partial charge in [0.25, 0.3) is 0 Å². The van der Waals surface area contributed by atoms with Gasteiger partial charge in [0.2, 0.25) is 10.0 Å². The predicted molar refractivity (Wildman–Crippen MR) is 57.6 cm³/mol. The minimum absolute atomic E-state index is 0.301. The Labute approximate surface area is 88.7 Å². The van der Waals surface area contributed by atoms with E-state index in [9.17, 15) is 8.42 Å². The molecule has 0 amide bonds. The van der Waals surface area contributed by atoms with Gasteiger partial charge in [-0.25, -0.2) is 12.7 Å². The summed E-state index contributed by atoms with van der Waals surface area (Å²) in [5.41, 5.74) is 0. The van der Waals surface area contributed by atoms with Gasteiger partial charge in [0.1, 0.15) is 0 Å². The number of hydrogen-bond acceptors (Lipinski definition) is 2. The third kappa shape index (κ3) is 2.67. The lowest BCUT2D eigenvalue weighted by Crippen LogP contribution is -2.43. The molecule has 1 rings (SSSR count). The van der Waals surface area contributed by atoms with Crippen molar-refractivity contribution in [3.63, 3.8) is 0 Å². The molecular formula is C8H16BrNO2S. The second kappa shape index (κ2) is 4.28. The molecule has 0 spiro atoms. The molecule has 3 nitrogen and oxygen atoms in total. The molecule has 13 heavy (non-hydrogen) atoms. The van der Waals surface area contributed by atoms with Crippen LogP contribution in [0.1, 0.15) is 26.7 Å². The van der Waals surface area contributed by atoms with Crippen molar-refractivity contribution in [3.8, 4) is 0 Å². The zero-order valence-corrected chi connectivity index (χ0v) is 10.4. The van der Waals surface area contributed by atoms with Crippen LogP contribution in [-0.2, 0) is 10.0 Å². The first-order valence-corrected chi connectivity index (χ1v) is 6.99. The highest BCUT2D eigenvalue weighted by Gasteiger charge is 2.29. The van der Waals surface area contributed by atoms with Gasteiger partial charge in [0.05, 0.1) is 5.25 Å². The monoisotopic (exact) mass is 269 g/mol. The standard InChI is InChI=1S/C8H16BrNO2S/c1-7(2)13(11,12)10-5-3-4-8(9)6-10/h7-8H,3-6H2,1-2H3. The minimum atomic E-state index is -3.03. The molecule has 1 atom stereocenters. The van der Waals surface area contributed by atoms with Crippen molar-refractivity contribution in [3.05, 3.63) is 0 Å². The smallest absolute Gasteiger partial charge is 0.212 e. The van der Waals surface area contributed by atoms with E-state index in [4.69, 9.17) is 0 Å². The molecular weight excluding hydrogens is 254 g/mol. The maximum absolute atomic E-state index is 11.7. The van der Waals surface area contributed by atoms with Gasteiger partial charge in [0.15, 0.2) is 0 Å². The predicted octanol–water partition coefficient (Wildman–Crippen LogP) is 1.58. The van der Waals surface area contributed by atoms with Gasteiger partial charge in [-0.2, -0.15) is 0 Å². The molecule has 1 fully saturated rings. The molecule has 0 bridgehead atoms. The Kier molecular flexibility index (Phi) is 3.77. The van der Waals surface area contributed by atoms with Gasteiger partial charge in [-0.15, -0.1) is 0 Å². The van der Waals surface area contributed by atoms with Crippen molar-refractivity contribution in [2.24, 2.45) is 0 Å². The minimum Gasteiger partial charge on any atom is -0.212 e. The van der Waals surface area contributed by atoms with Crippen LogP contribution in [0.5, 0.6) is 0 Å². The Morgan fingerprint density at radius 1 is 1.46 bits per heavy atom. The number of nitrogens with zero attached hydrogens (tertiary/aromatic N) is 1. The molecule has 0 N–H and O–H groups in total. The van der Waals surface area contributed by atoms with E-state index in [0.717, 1.165) is 12.8 Å². The van der Waals surface area contributed by atoms with Crippen LogP contribution >= 0.6 is 15.9 Å². The average molecular weight is 270 g/mol. The molecule has 0 radical (unpaired) electrons. The van der Waals surface area contributed by atoms with E-state index in [-0.39, 0.29) is 5.25 Å². The summed E-state index contributed by atoms with van der Waals surface area (Å²) in [6.45, 7) is 4.77. The van der Waals surface area contributed by atoms with Crippen LogP contribution in [0.25, 0.3) is 0 Å². The van der Waals surface area contributed by atoms with Gasteiger partial charge >= 0.3 is 0 Å². The number of hydrogen-bond donors (Lipinski definition) is 0. The summed E-state index contributed by atoms with van der Waals surface area (Å²) in [5.74, 6) is 0. The molecule has 0 aromatic heterocycles. The molecule has 78 valence electrons. The molecule has 0 aromatic rings. The fourth-order valence-corrected chi connectivity index (χ4v) is 3.65. The number of sulfonamides is 1. The first-order valence-electron chi connectivity index (χ1n) is 4.57. The zero-order valence-electron chi connectivity index (χ0n) is 8.03. The molecule has 0 aromatic carbocycles. The highest BCUT2D eigenvalue weighted by atomic mass is 79.9. The van der Waals surface area contributed by atoms with Crippen LogP contribution in [-0.4, -0.2) is 35.9 Å². The third-order valence-corrected chi connectivity index (χ3v) is 5.27. The van der Waals surface area contributed by atoms with Crippen molar-refractivity contribution in [1.29, 1.82) is 0 Å². The lowest BCUT2D eigenvalue weighted by Gasteiger charge is -2.30. The second-order valence-electron chi connectivity index (χ2n) is 3.69. The quantitative estimate of drug-likeness (QED) is 0.714. The maximum atomic E-state index is 11.7. The Hall–Kier alpha value is 0.390. The van der Waals surface area contributed by atoms with E-state index < -0.39 is 10.0 Å². The molecule has 0 aliphatic carbocycles. The SMILES string of the molecule is CC(C)S(=O)(=O)N1CCCC(Br)C1. The average Bonchev–Trinajstić information content (AvgIpc) is 2.04. The van der Waals surface area contributed by atoms with Gasteiger partial charge in [-0.1, -0.05) is 15.9 Å². The summed E-state index contributed by atoms with van der Waals surface area (Å²) in [4.78, 5) is 0.328. The van der Waals surface area contributed by atoms with Gasteiger partial charge in [-0.05, 0) is 26.7 Å². The summed E-state index contributed by atoms with van der Waals surface area (Å²) in [6.07, 6.45) is 2.03. The normalized spacial score (nSPS) is 26.6. The van der Waals surface area contributed by atoms with E-state index >= 15 is 0 Å². The first-order chi connectivity index (χ1) is 5.94. The summed E-state index contributed by atoms with van der Waals surface area (Å²) >= 11 is 3.46. The molecule has 1 unspecified atom stereocenters. The summed E-state index contributed by atoms with van der Waals surface area (Å²) < 4.78 is 25.1. The van der Waals surface area contributed by atoms with Gasteiger partial charge < -0.3 is 0 Å². The van der Waals surface area contributed by atoms with Crippen molar-refractivity contribution in [1.82, 2.24) is 4.31 Å². The second-order valence-corrected chi connectivity index (χ2v) is 7.48. The molecule has 1 aliphatic heterocycles. The highest BCUT2D eigenvalue weighted by molar-refractivity contribution is 9.09. The van der Waals surface area contributed by atoms with Crippen LogP contribution in [0, 0.1) is 0 Å². The summed E-state index contributed by atoms with van der Waals surface area (Å²) in [6, 6.07) is 0. The van der Waals surface area contributed by atoms with Crippen molar-refractivity contribution in [2.75, 3.05) is 13.1 Å². The number of halogens is 1. The Bertz CT molecular complexity index is 263. The number of alkyl halides is 1. The highest BCUT2D eigenvalue weighted by Crippen LogP contribution is 2.21. The lowest BCUT2D eigenvalue weighted by atomic mass is 10.2. The first kappa shape index (κ1) is 11.5. The van der Waals surface area contributed by atoms with Crippen molar-refractivity contribution in [2.45, 2.75) is 36.8 Å². The summed E-state index contributed by atoms with van der Waals surface area (Å²) in [5, 5.41) is -0.301. The van der Waals surface area contributed by atoms with Crippen molar-refractivity contribution < 1.29 is 8.42 Å². The Balaban J connectivity index is 2.71. The van der Waals surface area contributed by atoms with Crippen LogP contribution < -0.4 is 0 Å². The maximum Gasteiger partial charge on any atom is 0.216 e. The molecule has 1 saturated heterocycles. The fourth-order valence-electron chi connectivity index (χ4n) is 1.42. The summed E-state index contributed by atoms with van der Waals surface area (Å²) in [7, 11) is -3.03. The lowest BCUT2D eigenvalue weighted by molar-refractivity contribution is 0.353. The Morgan fingerprint density at radius 3 is 2.54 bits per heavy atom. The molecule has 0 saturated carbocycles. The van der Waals surface area contributed by atoms with Gasteiger partial charge in [0, 0.05) is 17.9 Å². The van der Waals surface area contributed by atoms with Crippen molar-refractivity contribution >= 4 is 26.0 Å². The van der Waals surface area contributed by atoms with E-state index in [1.807, 2.05) is 0 Å². The fraction of sp³-hybridized carbons (Fsp3) is 1.00. The van der Waals surface area contributed by atoms with E-state index in [1.54, 1.807) is 18.2 Å². The largest absolute Gasteiger partial charge is 0.216 e. The third-order valence-electron chi connectivity index (χ3n) is 2.28. The molecule has 5 heteroatoms. The topological polar surface area (TPSA) is 37.4 Å². The van der Waals surface area contributed by atoms with Crippen LogP contribution in [0.2, 0.25) is 0 Å². The Morgan fingerprint density at radius 2 is 2.08 bits per heavy atom. The molecule has 1 aliphatic rings. The number of piperidine rings is 1. The molecule has 1 heterocycles. The van der Waals surface area contributed by atoms with Crippen LogP contribution in [0.4, 0.5) is 0 Å². The number of rotatable bonds is 2. The van der Waals surface area contributed by atoms with E-state index in [0.29, 0.717) is 17.9 Å². The van der Waals surface area contributed by atoms with Crippen LogP contribution in [0.15, 0.2) is 0 Å². The zero-order chi connectivity index (χ0) is 10.1.